The number of nitrogens with zero attached hydrogens (tertiary/aromatic N) is 2. The van der Waals surface area contributed by atoms with E-state index in [0.29, 0.717) is 12.1 Å². The van der Waals surface area contributed by atoms with E-state index >= 15 is 0 Å². The van der Waals surface area contributed by atoms with Crippen molar-refractivity contribution in [2.45, 2.75) is 45.1 Å². The van der Waals surface area contributed by atoms with E-state index in [1.807, 2.05) is 37.4 Å². The first kappa shape index (κ1) is 19.6. The van der Waals surface area contributed by atoms with Gasteiger partial charge in [0.15, 0.2) is 0 Å². The third-order valence-electron chi connectivity index (χ3n) is 5.86. The molecule has 2 fully saturated rings. The van der Waals surface area contributed by atoms with Crippen molar-refractivity contribution in [3.63, 3.8) is 0 Å². The number of amides is 4. The Morgan fingerprint density at radius 3 is 2.93 bits per heavy atom. The summed E-state index contributed by atoms with van der Waals surface area (Å²) in [6.07, 6.45) is 3.49. The Kier molecular flexibility index (Phi) is 5.12. The lowest BCUT2D eigenvalue weighted by Gasteiger charge is -2.36. The molecule has 2 aromatic rings. The quantitative estimate of drug-likeness (QED) is 0.751. The van der Waals surface area contributed by atoms with Gasteiger partial charge in [-0.2, -0.15) is 0 Å². The molecule has 1 aromatic carbocycles. The Labute approximate surface area is 173 Å². The van der Waals surface area contributed by atoms with Crippen molar-refractivity contribution in [2.75, 3.05) is 11.9 Å². The van der Waals surface area contributed by atoms with Crippen molar-refractivity contribution in [3.05, 3.63) is 34.7 Å². The number of carbonyl (C=O) groups is 3. The largest absolute Gasteiger partial charge is 0.325 e. The molecule has 0 bridgehead atoms. The average molecular weight is 413 g/mol. The van der Waals surface area contributed by atoms with Crippen LogP contribution in [0.4, 0.5) is 10.5 Å². The smallest absolute Gasteiger partial charge is 0.325 e. The fraction of sp³-hybridized carbons (Fsp3) is 0.429. The molecule has 2 heterocycles. The van der Waals surface area contributed by atoms with Crippen LogP contribution >= 0.6 is 11.3 Å². The van der Waals surface area contributed by atoms with Gasteiger partial charge in [-0.3, -0.25) is 14.5 Å². The second-order valence-corrected chi connectivity index (χ2v) is 8.88. The van der Waals surface area contributed by atoms with Gasteiger partial charge in [-0.05, 0) is 37.8 Å². The highest BCUT2D eigenvalue weighted by Crippen LogP contribution is 2.38. The molecule has 4 rings (SSSR count). The lowest BCUT2D eigenvalue weighted by Crippen LogP contribution is -2.54. The molecule has 29 heavy (non-hydrogen) atoms. The number of anilines is 1. The van der Waals surface area contributed by atoms with Crippen LogP contribution in [0.25, 0.3) is 11.3 Å². The van der Waals surface area contributed by atoms with Crippen LogP contribution in [0.2, 0.25) is 0 Å². The van der Waals surface area contributed by atoms with Gasteiger partial charge in [0.1, 0.15) is 12.1 Å². The molecule has 1 aliphatic heterocycles. The number of benzene rings is 1. The molecule has 4 amide bonds. The maximum absolute atomic E-state index is 13.0. The summed E-state index contributed by atoms with van der Waals surface area (Å²) in [5.74, 6) is -0.615. The van der Waals surface area contributed by atoms with Gasteiger partial charge in [-0.25, -0.2) is 9.78 Å². The first-order valence-electron chi connectivity index (χ1n) is 9.85. The third-order valence-corrected chi connectivity index (χ3v) is 6.64. The summed E-state index contributed by atoms with van der Waals surface area (Å²) in [6.45, 7) is 3.64. The van der Waals surface area contributed by atoms with Gasteiger partial charge in [-0.1, -0.05) is 31.9 Å². The number of imide groups is 1. The van der Waals surface area contributed by atoms with Gasteiger partial charge >= 0.3 is 6.03 Å². The number of aryl methyl sites for hydroxylation is 1. The molecule has 2 atom stereocenters. The van der Waals surface area contributed by atoms with Gasteiger partial charge in [0, 0.05) is 16.6 Å². The molecule has 1 saturated heterocycles. The number of aromatic nitrogens is 1. The zero-order chi connectivity index (χ0) is 20.6. The molecule has 0 unspecified atom stereocenters. The summed E-state index contributed by atoms with van der Waals surface area (Å²) < 4.78 is 0. The highest BCUT2D eigenvalue weighted by Gasteiger charge is 2.55. The molecule has 1 aliphatic carbocycles. The predicted molar refractivity (Wildman–Crippen MR) is 112 cm³/mol. The van der Waals surface area contributed by atoms with Gasteiger partial charge in [0.2, 0.25) is 5.91 Å². The molecule has 7 nitrogen and oxygen atoms in total. The monoisotopic (exact) mass is 412 g/mol. The first-order chi connectivity index (χ1) is 13.9. The van der Waals surface area contributed by atoms with Crippen LogP contribution in [0.5, 0.6) is 0 Å². The van der Waals surface area contributed by atoms with E-state index < -0.39 is 17.5 Å². The Morgan fingerprint density at radius 1 is 1.38 bits per heavy atom. The van der Waals surface area contributed by atoms with Gasteiger partial charge in [-0.15, -0.1) is 11.3 Å². The molecule has 152 valence electrons. The lowest BCUT2D eigenvalue weighted by molar-refractivity contribution is -0.136. The molecule has 2 N–H and O–H groups in total. The molecule has 8 heteroatoms. The molecular weight excluding hydrogens is 388 g/mol. The Hall–Kier alpha value is -2.74. The van der Waals surface area contributed by atoms with Crippen LogP contribution in [-0.4, -0.2) is 39.8 Å². The molecule has 1 saturated carbocycles. The highest BCUT2D eigenvalue weighted by atomic mass is 32.1. The second kappa shape index (κ2) is 7.59. The zero-order valence-electron chi connectivity index (χ0n) is 16.5. The first-order valence-corrected chi connectivity index (χ1v) is 10.7. The zero-order valence-corrected chi connectivity index (χ0v) is 17.3. The van der Waals surface area contributed by atoms with E-state index in [2.05, 4.69) is 15.6 Å². The van der Waals surface area contributed by atoms with Crippen LogP contribution in [0.3, 0.4) is 0 Å². The molecule has 0 radical (unpaired) electrons. The predicted octanol–water partition coefficient (Wildman–Crippen LogP) is 3.56. The summed E-state index contributed by atoms with van der Waals surface area (Å²) in [5, 5.41) is 8.60. The van der Waals surface area contributed by atoms with Gasteiger partial charge < -0.3 is 10.6 Å². The van der Waals surface area contributed by atoms with Crippen LogP contribution < -0.4 is 10.6 Å². The van der Waals surface area contributed by atoms with Crippen LogP contribution in [0, 0.1) is 12.8 Å². The third kappa shape index (κ3) is 3.64. The Balaban J connectivity index is 1.45. The minimum Gasteiger partial charge on any atom is -0.325 e. The van der Waals surface area contributed by atoms with E-state index in [0.717, 1.165) is 40.4 Å². The molecule has 1 aromatic heterocycles. The van der Waals surface area contributed by atoms with Crippen LogP contribution in [-0.2, 0) is 9.59 Å². The van der Waals surface area contributed by atoms with Crippen molar-refractivity contribution in [1.82, 2.24) is 15.2 Å². The van der Waals surface area contributed by atoms with E-state index in [-0.39, 0.29) is 18.4 Å². The number of carbonyl (C=O) groups excluding carboxylic acids is 3. The second-order valence-electron chi connectivity index (χ2n) is 7.82. The van der Waals surface area contributed by atoms with E-state index in [1.54, 1.807) is 17.4 Å². The summed E-state index contributed by atoms with van der Waals surface area (Å²) in [4.78, 5) is 43.5. The molecule has 2 aliphatic rings. The number of hydrogen-bond donors (Lipinski definition) is 2. The minimum absolute atomic E-state index is 0.0685. The standard InChI is InChI=1S/C21H24N4O3S/c1-13-6-3-4-9-21(13)19(27)25(20(28)24-21)11-18(26)23-16-8-5-7-15(10-16)17-12-29-14(2)22-17/h5,7-8,10,12-13H,3-4,6,9,11H2,1-2H3,(H,23,26)(H,24,28)/t13-,21-/m1/s1. The van der Waals surface area contributed by atoms with Gasteiger partial charge in [0.25, 0.3) is 5.91 Å². The summed E-state index contributed by atoms with van der Waals surface area (Å²) in [6, 6.07) is 6.90. The van der Waals surface area contributed by atoms with Crippen LogP contribution in [0.15, 0.2) is 29.6 Å². The molecule has 1 spiro atoms. The SMILES string of the molecule is Cc1nc(-c2cccc(NC(=O)CN3C(=O)N[C@@]4(CCCC[C@H]4C)C3=O)c2)cs1. The van der Waals surface area contributed by atoms with Gasteiger partial charge in [0.05, 0.1) is 10.7 Å². The van der Waals surface area contributed by atoms with Crippen LogP contribution in [0.1, 0.15) is 37.6 Å². The van der Waals surface area contributed by atoms with E-state index in [9.17, 15) is 14.4 Å². The number of rotatable bonds is 4. The number of urea groups is 1. The minimum atomic E-state index is -0.849. The summed E-state index contributed by atoms with van der Waals surface area (Å²) >= 11 is 1.56. The number of hydrogen-bond acceptors (Lipinski definition) is 5. The van der Waals surface area contributed by atoms with Crippen molar-refractivity contribution in [1.29, 1.82) is 0 Å². The van der Waals surface area contributed by atoms with Crippen molar-refractivity contribution < 1.29 is 14.4 Å². The fourth-order valence-electron chi connectivity index (χ4n) is 4.24. The Bertz CT molecular complexity index is 972. The Morgan fingerprint density at radius 2 is 2.21 bits per heavy atom. The van der Waals surface area contributed by atoms with E-state index in [1.165, 1.54) is 0 Å². The van der Waals surface area contributed by atoms with E-state index in [4.69, 9.17) is 0 Å². The lowest BCUT2D eigenvalue weighted by atomic mass is 9.73. The van der Waals surface area contributed by atoms with Crippen molar-refractivity contribution in [3.8, 4) is 11.3 Å². The summed E-state index contributed by atoms with van der Waals surface area (Å²) in [7, 11) is 0. The van der Waals surface area contributed by atoms with Crippen molar-refractivity contribution >= 4 is 34.9 Å². The van der Waals surface area contributed by atoms with Crippen molar-refractivity contribution in [2.24, 2.45) is 5.92 Å². The highest BCUT2D eigenvalue weighted by molar-refractivity contribution is 7.09. The average Bonchev–Trinajstić information content (AvgIpc) is 3.22. The number of thiazole rings is 1. The number of nitrogens with one attached hydrogen (secondary N) is 2. The maximum Gasteiger partial charge on any atom is 0.325 e. The topological polar surface area (TPSA) is 91.4 Å². The fourth-order valence-corrected chi connectivity index (χ4v) is 4.86. The normalized spacial score (nSPS) is 24.1. The summed E-state index contributed by atoms with van der Waals surface area (Å²) in [5.41, 5.74) is 1.51. The maximum atomic E-state index is 13.0. The molecular formula is C21H24N4O3S.